The van der Waals surface area contributed by atoms with E-state index >= 15 is 0 Å². The van der Waals surface area contributed by atoms with Gasteiger partial charge in [0.15, 0.2) is 0 Å². The average Bonchev–Trinajstić information content (AvgIpc) is 2.37. The first kappa shape index (κ1) is 17.4. The third-order valence-corrected chi connectivity index (χ3v) is 2.31. The molecule has 0 atom stereocenters. The Labute approximate surface area is 118 Å². The lowest BCUT2D eigenvalue weighted by Crippen LogP contribution is -2.15. The van der Waals surface area contributed by atoms with Gasteiger partial charge in [0.2, 0.25) is 0 Å². The highest BCUT2D eigenvalue weighted by molar-refractivity contribution is 5.49. The number of halogens is 5. The fraction of sp³-hybridized carbons (Fsp3) is 0.583. The lowest BCUT2D eigenvalue weighted by atomic mass is 10.2. The Balaban J connectivity index is 2.65. The number of anilines is 2. The van der Waals surface area contributed by atoms with Crippen molar-refractivity contribution in [3.63, 3.8) is 0 Å². The van der Waals surface area contributed by atoms with E-state index in [1.165, 1.54) is 0 Å². The van der Waals surface area contributed by atoms with Gasteiger partial charge in [-0.1, -0.05) is 0 Å². The van der Waals surface area contributed by atoms with Crippen LogP contribution in [0.3, 0.4) is 0 Å². The van der Waals surface area contributed by atoms with E-state index in [1.807, 2.05) is 0 Å². The number of nitrogens with zero attached hydrogens (tertiary/aromatic N) is 1. The SMILES string of the molecule is CCNc1cc(C(F)(F)F)cc(NCCOCC(F)F)n1. The van der Waals surface area contributed by atoms with Crippen LogP contribution in [0.25, 0.3) is 0 Å². The molecule has 0 radical (unpaired) electrons. The van der Waals surface area contributed by atoms with Crippen LogP contribution in [-0.2, 0) is 10.9 Å². The molecule has 0 aliphatic carbocycles. The Morgan fingerprint density at radius 1 is 1.19 bits per heavy atom. The fourth-order valence-electron chi connectivity index (χ4n) is 1.48. The van der Waals surface area contributed by atoms with E-state index < -0.39 is 24.8 Å². The van der Waals surface area contributed by atoms with Crippen LogP contribution in [0.4, 0.5) is 33.6 Å². The summed E-state index contributed by atoms with van der Waals surface area (Å²) >= 11 is 0. The number of hydrogen-bond acceptors (Lipinski definition) is 4. The second kappa shape index (κ2) is 7.96. The summed E-state index contributed by atoms with van der Waals surface area (Å²) in [5, 5.41) is 5.30. The third kappa shape index (κ3) is 6.56. The Bertz CT molecular complexity index is 439. The van der Waals surface area contributed by atoms with Crippen molar-refractivity contribution in [3.05, 3.63) is 17.7 Å². The largest absolute Gasteiger partial charge is 0.416 e. The molecule has 0 saturated heterocycles. The number of ether oxygens (including phenoxy) is 1. The summed E-state index contributed by atoms with van der Waals surface area (Å²) in [5.41, 5.74) is -0.843. The van der Waals surface area contributed by atoms with Gasteiger partial charge in [-0.15, -0.1) is 0 Å². The van der Waals surface area contributed by atoms with Crippen molar-refractivity contribution in [3.8, 4) is 0 Å². The molecule has 0 unspecified atom stereocenters. The first-order chi connectivity index (χ1) is 9.82. The first-order valence-electron chi connectivity index (χ1n) is 6.26. The van der Waals surface area contributed by atoms with E-state index in [9.17, 15) is 22.0 Å². The van der Waals surface area contributed by atoms with Crippen molar-refractivity contribution < 1.29 is 26.7 Å². The third-order valence-electron chi connectivity index (χ3n) is 2.31. The molecule has 4 nitrogen and oxygen atoms in total. The van der Waals surface area contributed by atoms with Crippen molar-refractivity contribution >= 4 is 11.6 Å². The van der Waals surface area contributed by atoms with Crippen LogP contribution < -0.4 is 10.6 Å². The van der Waals surface area contributed by atoms with E-state index in [2.05, 4.69) is 20.4 Å². The normalized spacial score (nSPS) is 11.8. The lowest BCUT2D eigenvalue weighted by Gasteiger charge is -2.13. The van der Waals surface area contributed by atoms with Crippen LogP contribution in [0.5, 0.6) is 0 Å². The topological polar surface area (TPSA) is 46.2 Å². The van der Waals surface area contributed by atoms with E-state index in [0.29, 0.717) is 6.54 Å². The van der Waals surface area contributed by atoms with Crippen molar-refractivity contribution in [1.29, 1.82) is 0 Å². The molecule has 0 aliphatic heterocycles. The molecule has 0 saturated carbocycles. The van der Waals surface area contributed by atoms with E-state index in [4.69, 9.17) is 0 Å². The number of pyridine rings is 1. The van der Waals surface area contributed by atoms with Gasteiger partial charge < -0.3 is 15.4 Å². The Hall–Kier alpha value is -1.64. The van der Waals surface area contributed by atoms with Gasteiger partial charge >= 0.3 is 6.18 Å². The molecule has 1 aromatic heterocycles. The molecule has 9 heteroatoms. The van der Waals surface area contributed by atoms with Crippen LogP contribution in [0, 0.1) is 0 Å². The summed E-state index contributed by atoms with van der Waals surface area (Å²) < 4.78 is 66.4. The monoisotopic (exact) mass is 313 g/mol. The molecule has 0 amide bonds. The molecule has 1 rings (SSSR count). The van der Waals surface area contributed by atoms with Crippen LogP contribution in [-0.4, -0.2) is 37.7 Å². The maximum atomic E-state index is 12.7. The van der Waals surface area contributed by atoms with Crippen molar-refractivity contribution in [2.24, 2.45) is 0 Å². The average molecular weight is 313 g/mol. The molecule has 0 aliphatic rings. The van der Waals surface area contributed by atoms with E-state index in [0.717, 1.165) is 12.1 Å². The minimum atomic E-state index is -4.49. The summed E-state index contributed by atoms with van der Waals surface area (Å²) in [5.74, 6) is 0.0877. The summed E-state index contributed by atoms with van der Waals surface area (Å²) in [7, 11) is 0. The number of hydrogen-bond donors (Lipinski definition) is 2. The second-order valence-corrected chi connectivity index (χ2v) is 4.05. The molecule has 0 fully saturated rings. The molecular weight excluding hydrogens is 297 g/mol. The molecular formula is C12H16F5N3O. The molecule has 0 aromatic carbocycles. The first-order valence-corrected chi connectivity index (χ1v) is 6.26. The van der Waals surface area contributed by atoms with Crippen LogP contribution in [0.15, 0.2) is 12.1 Å². The summed E-state index contributed by atoms with van der Waals surface area (Å²) in [4.78, 5) is 3.94. The molecule has 2 N–H and O–H groups in total. The minimum Gasteiger partial charge on any atom is -0.374 e. The van der Waals surface area contributed by atoms with Crippen LogP contribution in [0.1, 0.15) is 12.5 Å². The molecule has 1 aromatic rings. The molecule has 0 spiro atoms. The van der Waals surface area contributed by atoms with E-state index in [-0.39, 0.29) is 24.8 Å². The highest BCUT2D eigenvalue weighted by Crippen LogP contribution is 2.31. The zero-order chi connectivity index (χ0) is 15.9. The number of alkyl halides is 5. The number of nitrogens with one attached hydrogen (secondary N) is 2. The summed E-state index contributed by atoms with van der Waals surface area (Å²) in [6.07, 6.45) is -7.06. The Kier molecular flexibility index (Phi) is 6.60. The quantitative estimate of drug-likeness (QED) is 0.571. The maximum absolute atomic E-state index is 12.7. The predicted octanol–water partition coefficient (Wildman–Crippen LogP) is 3.23. The highest BCUT2D eigenvalue weighted by Gasteiger charge is 2.31. The van der Waals surface area contributed by atoms with Crippen LogP contribution in [0.2, 0.25) is 0 Å². The van der Waals surface area contributed by atoms with Gasteiger partial charge in [-0.05, 0) is 19.1 Å². The van der Waals surface area contributed by atoms with Crippen molar-refractivity contribution in [2.75, 3.05) is 36.9 Å². The van der Waals surface area contributed by atoms with E-state index in [1.54, 1.807) is 6.92 Å². The molecule has 120 valence electrons. The maximum Gasteiger partial charge on any atom is 0.416 e. The number of rotatable bonds is 8. The van der Waals surface area contributed by atoms with Gasteiger partial charge in [0.05, 0.1) is 12.2 Å². The molecule has 21 heavy (non-hydrogen) atoms. The zero-order valence-corrected chi connectivity index (χ0v) is 11.3. The molecule has 0 bridgehead atoms. The standard InChI is InChI=1S/C12H16F5N3O/c1-2-18-10-5-8(12(15,16)17)6-11(20-10)19-3-4-21-7-9(13)14/h5-6,9H,2-4,7H2,1H3,(H2,18,19,20). The van der Waals surface area contributed by atoms with Gasteiger partial charge in [-0.3, -0.25) is 0 Å². The molecule has 1 heterocycles. The van der Waals surface area contributed by atoms with Gasteiger partial charge in [0.25, 0.3) is 6.43 Å². The Morgan fingerprint density at radius 2 is 1.81 bits per heavy atom. The lowest BCUT2D eigenvalue weighted by molar-refractivity contribution is -0.137. The minimum absolute atomic E-state index is 0.00132. The number of aromatic nitrogens is 1. The smallest absolute Gasteiger partial charge is 0.374 e. The summed E-state index contributed by atoms with van der Waals surface area (Å²) in [6.45, 7) is 1.46. The fourth-order valence-corrected chi connectivity index (χ4v) is 1.48. The van der Waals surface area contributed by atoms with Gasteiger partial charge in [0.1, 0.15) is 18.2 Å². The van der Waals surface area contributed by atoms with Gasteiger partial charge in [0, 0.05) is 13.1 Å². The van der Waals surface area contributed by atoms with Crippen LogP contribution >= 0.6 is 0 Å². The second-order valence-electron chi connectivity index (χ2n) is 4.05. The predicted molar refractivity (Wildman–Crippen MR) is 68.7 cm³/mol. The van der Waals surface area contributed by atoms with Crippen molar-refractivity contribution in [1.82, 2.24) is 4.98 Å². The summed E-state index contributed by atoms with van der Waals surface area (Å²) in [6, 6.07) is 1.76. The zero-order valence-electron chi connectivity index (χ0n) is 11.3. The van der Waals surface area contributed by atoms with Crippen molar-refractivity contribution in [2.45, 2.75) is 19.5 Å². The highest BCUT2D eigenvalue weighted by atomic mass is 19.4. The van der Waals surface area contributed by atoms with Gasteiger partial charge in [-0.25, -0.2) is 13.8 Å². The Morgan fingerprint density at radius 3 is 2.33 bits per heavy atom. The van der Waals surface area contributed by atoms with Gasteiger partial charge in [-0.2, -0.15) is 13.2 Å².